The molecule has 0 bridgehead atoms. The van der Waals surface area contributed by atoms with Crippen molar-refractivity contribution >= 4 is 5.69 Å². The molecule has 4 rings (SSSR count). The van der Waals surface area contributed by atoms with Gasteiger partial charge in [-0.05, 0) is 37.1 Å². The second-order valence-corrected chi connectivity index (χ2v) is 7.49. The molecule has 0 atom stereocenters. The SMILES string of the molecule is Cc1ccccc1N1CCCN(Cc2nc(-c3ccc(C(F)(F)F)cc3)no2)CC1. The molecule has 0 aliphatic carbocycles. The van der Waals surface area contributed by atoms with Crippen LogP contribution in [0.4, 0.5) is 18.9 Å². The van der Waals surface area contributed by atoms with E-state index < -0.39 is 11.7 Å². The number of hydrogen-bond donors (Lipinski definition) is 0. The van der Waals surface area contributed by atoms with E-state index in [1.807, 2.05) is 6.07 Å². The first-order valence-corrected chi connectivity index (χ1v) is 9.93. The average Bonchev–Trinajstić information content (AvgIpc) is 3.06. The van der Waals surface area contributed by atoms with Crippen LogP contribution in [0.1, 0.15) is 23.4 Å². The highest BCUT2D eigenvalue weighted by Gasteiger charge is 2.30. The van der Waals surface area contributed by atoms with Crippen molar-refractivity contribution in [3.63, 3.8) is 0 Å². The van der Waals surface area contributed by atoms with Gasteiger partial charge in [-0.2, -0.15) is 18.2 Å². The van der Waals surface area contributed by atoms with Gasteiger partial charge in [-0.3, -0.25) is 4.90 Å². The van der Waals surface area contributed by atoms with Crippen molar-refractivity contribution < 1.29 is 17.7 Å². The van der Waals surface area contributed by atoms with E-state index in [4.69, 9.17) is 4.52 Å². The molecule has 0 unspecified atom stereocenters. The largest absolute Gasteiger partial charge is 0.416 e. The van der Waals surface area contributed by atoms with Crippen LogP contribution in [0.3, 0.4) is 0 Å². The summed E-state index contributed by atoms with van der Waals surface area (Å²) in [4.78, 5) is 9.04. The van der Waals surface area contributed by atoms with Gasteiger partial charge < -0.3 is 9.42 Å². The molecule has 8 heteroatoms. The number of nitrogens with zero attached hydrogens (tertiary/aromatic N) is 4. The van der Waals surface area contributed by atoms with Crippen molar-refractivity contribution in [2.45, 2.75) is 26.1 Å². The zero-order valence-electron chi connectivity index (χ0n) is 16.7. The van der Waals surface area contributed by atoms with Crippen molar-refractivity contribution in [1.29, 1.82) is 0 Å². The van der Waals surface area contributed by atoms with Gasteiger partial charge in [0, 0.05) is 37.4 Å². The van der Waals surface area contributed by atoms with E-state index in [9.17, 15) is 13.2 Å². The first-order valence-electron chi connectivity index (χ1n) is 9.93. The summed E-state index contributed by atoms with van der Waals surface area (Å²) >= 11 is 0. The minimum Gasteiger partial charge on any atom is -0.370 e. The molecular formula is C22H23F3N4O. The van der Waals surface area contributed by atoms with Crippen LogP contribution < -0.4 is 4.90 Å². The van der Waals surface area contributed by atoms with Gasteiger partial charge in [-0.1, -0.05) is 35.5 Å². The first kappa shape index (κ1) is 20.4. The molecule has 30 heavy (non-hydrogen) atoms. The number of aromatic nitrogens is 2. The summed E-state index contributed by atoms with van der Waals surface area (Å²) < 4.78 is 43.5. The van der Waals surface area contributed by atoms with E-state index in [0.717, 1.165) is 44.7 Å². The third-order valence-corrected chi connectivity index (χ3v) is 5.34. The fraction of sp³-hybridized carbons (Fsp3) is 0.364. The fourth-order valence-corrected chi connectivity index (χ4v) is 3.72. The minimum absolute atomic E-state index is 0.301. The van der Waals surface area contributed by atoms with E-state index in [0.29, 0.717) is 23.8 Å². The Morgan fingerprint density at radius 2 is 1.73 bits per heavy atom. The van der Waals surface area contributed by atoms with Crippen LogP contribution in [0.25, 0.3) is 11.4 Å². The van der Waals surface area contributed by atoms with Crippen LogP contribution in [-0.4, -0.2) is 41.2 Å². The summed E-state index contributed by atoms with van der Waals surface area (Å²) in [5.74, 6) is 0.768. The summed E-state index contributed by atoms with van der Waals surface area (Å²) in [5.41, 5.74) is 2.34. The molecule has 0 N–H and O–H groups in total. The molecule has 1 fully saturated rings. The molecule has 1 saturated heterocycles. The van der Waals surface area contributed by atoms with Gasteiger partial charge in [-0.25, -0.2) is 0 Å². The van der Waals surface area contributed by atoms with Gasteiger partial charge in [-0.15, -0.1) is 0 Å². The topological polar surface area (TPSA) is 45.4 Å². The Labute approximate surface area is 173 Å². The highest BCUT2D eigenvalue weighted by atomic mass is 19.4. The van der Waals surface area contributed by atoms with Gasteiger partial charge >= 0.3 is 6.18 Å². The maximum atomic E-state index is 12.7. The van der Waals surface area contributed by atoms with Crippen molar-refractivity contribution in [3.8, 4) is 11.4 Å². The summed E-state index contributed by atoms with van der Waals surface area (Å²) in [5, 5.41) is 3.94. The van der Waals surface area contributed by atoms with E-state index in [1.165, 1.54) is 23.4 Å². The first-order chi connectivity index (χ1) is 14.4. The molecule has 1 aliphatic rings. The lowest BCUT2D eigenvalue weighted by atomic mass is 10.1. The number of aryl methyl sites for hydroxylation is 1. The molecule has 2 aromatic carbocycles. The Bertz CT molecular complexity index is 985. The van der Waals surface area contributed by atoms with E-state index in [2.05, 4.69) is 45.1 Å². The molecule has 0 spiro atoms. The monoisotopic (exact) mass is 416 g/mol. The van der Waals surface area contributed by atoms with Gasteiger partial charge in [0.05, 0.1) is 12.1 Å². The lowest BCUT2D eigenvalue weighted by Crippen LogP contribution is -2.30. The summed E-state index contributed by atoms with van der Waals surface area (Å²) in [6, 6.07) is 13.2. The van der Waals surface area contributed by atoms with Crippen LogP contribution in [0.15, 0.2) is 53.1 Å². The maximum Gasteiger partial charge on any atom is 0.416 e. The van der Waals surface area contributed by atoms with Crippen LogP contribution in [0.5, 0.6) is 0 Å². The second-order valence-electron chi connectivity index (χ2n) is 7.49. The van der Waals surface area contributed by atoms with Gasteiger partial charge in [0.25, 0.3) is 0 Å². The lowest BCUT2D eigenvalue weighted by molar-refractivity contribution is -0.137. The van der Waals surface area contributed by atoms with E-state index in [1.54, 1.807) is 0 Å². The molecule has 0 saturated carbocycles. The third kappa shape index (κ3) is 4.64. The van der Waals surface area contributed by atoms with Gasteiger partial charge in [0.15, 0.2) is 0 Å². The predicted octanol–water partition coefficient (Wildman–Crippen LogP) is 4.78. The number of alkyl halides is 3. The number of hydrogen-bond acceptors (Lipinski definition) is 5. The smallest absolute Gasteiger partial charge is 0.370 e. The summed E-state index contributed by atoms with van der Waals surface area (Å²) in [6.45, 7) is 6.33. The third-order valence-electron chi connectivity index (χ3n) is 5.34. The highest BCUT2D eigenvalue weighted by Crippen LogP contribution is 2.30. The van der Waals surface area contributed by atoms with Crippen molar-refractivity contribution in [2.24, 2.45) is 0 Å². The van der Waals surface area contributed by atoms with E-state index >= 15 is 0 Å². The Morgan fingerprint density at radius 1 is 0.967 bits per heavy atom. The Hall–Kier alpha value is -2.87. The Kier molecular flexibility index (Phi) is 5.76. The summed E-state index contributed by atoms with van der Waals surface area (Å²) in [6.07, 6.45) is -3.34. The fourth-order valence-electron chi connectivity index (χ4n) is 3.72. The second kappa shape index (κ2) is 8.47. The maximum absolute atomic E-state index is 12.7. The van der Waals surface area contributed by atoms with Crippen LogP contribution >= 0.6 is 0 Å². The van der Waals surface area contributed by atoms with Gasteiger partial charge in [0.1, 0.15) is 0 Å². The van der Waals surface area contributed by atoms with Crippen molar-refractivity contribution in [3.05, 3.63) is 65.5 Å². The summed E-state index contributed by atoms with van der Waals surface area (Å²) in [7, 11) is 0. The highest BCUT2D eigenvalue weighted by molar-refractivity contribution is 5.55. The van der Waals surface area contributed by atoms with Crippen molar-refractivity contribution in [2.75, 3.05) is 31.1 Å². The predicted molar refractivity (Wildman–Crippen MR) is 108 cm³/mol. The minimum atomic E-state index is -4.36. The van der Waals surface area contributed by atoms with Crippen LogP contribution in [0.2, 0.25) is 0 Å². The number of benzene rings is 2. The molecule has 5 nitrogen and oxygen atoms in total. The lowest BCUT2D eigenvalue weighted by Gasteiger charge is -2.24. The zero-order valence-corrected chi connectivity index (χ0v) is 16.7. The molecule has 1 aliphatic heterocycles. The van der Waals surface area contributed by atoms with Crippen LogP contribution in [-0.2, 0) is 12.7 Å². The van der Waals surface area contributed by atoms with E-state index in [-0.39, 0.29) is 0 Å². The normalized spacial score (nSPS) is 15.9. The number of halogens is 3. The molecule has 2 heterocycles. The number of anilines is 1. The molecular weight excluding hydrogens is 393 g/mol. The quantitative estimate of drug-likeness (QED) is 0.613. The molecule has 158 valence electrons. The number of rotatable bonds is 4. The number of para-hydroxylation sites is 1. The Morgan fingerprint density at radius 3 is 2.47 bits per heavy atom. The van der Waals surface area contributed by atoms with Crippen LogP contribution in [0, 0.1) is 6.92 Å². The molecule has 0 radical (unpaired) electrons. The van der Waals surface area contributed by atoms with Gasteiger partial charge in [0.2, 0.25) is 11.7 Å². The Balaban J connectivity index is 1.39. The zero-order chi connectivity index (χ0) is 21.1. The van der Waals surface area contributed by atoms with Crippen molar-refractivity contribution in [1.82, 2.24) is 15.0 Å². The average molecular weight is 416 g/mol. The standard InChI is InChI=1S/C22H23F3N4O/c1-16-5-2-3-6-19(16)29-12-4-11-28(13-14-29)15-20-26-21(27-30-20)17-7-9-18(10-8-17)22(23,24)25/h2-3,5-10H,4,11-15H2,1H3. The molecule has 1 aromatic heterocycles. The molecule has 3 aromatic rings. The molecule has 0 amide bonds.